The molecular weight excluding hydrogens is 483 g/mol. The van der Waals surface area contributed by atoms with Gasteiger partial charge in [-0.2, -0.15) is 0 Å². The first-order valence-corrected chi connectivity index (χ1v) is 14.0. The molecule has 4 atom stereocenters. The van der Waals surface area contributed by atoms with Gasteiger partial charge in [-0.1, -0.05) is 42.5 Å². The van der Waals surface area contributed by atoms with E-state index in [4.69, 9.17) is 10.5 Å². The fourth-order valence-corrected chi connectivity index (χ4v) is 6.67. The summed E-state index contributed by atoms with van der Waals surface area (Å²) in [6.45, 7) is 2.97. The Morgan fingerprint density at radius 3 is 2.71 bits per heavy atom. The molecule has 7 rings (SSSR count). The highest BCUT2D eigenvalue weighted by Gasteiger charge is 2.60. The number of hydrogen-bond acceptors (Lipinski definition) is 5. The lowest BCUT2D eigenvalue weighted by atomic mass is 9.80. The molecule has 0 aromatic heterocycles. The predicted octanol–water partition coefficient (Wildman–Crippen LogP) is 1.06. The van der Waals surface area contributed by atoms with Gasteiger partial charge >= 0.3 is 0 Å². The average molecular weight is 519 g/mol. The molecule has 1 aromatic carbocycles. The Balaban J connectivity index is 1.04. The Hall–Kier alpha value is -2.81. The number of nitrogens with one attached hydrogen (secondary N) is 1. The summed E-state index contributed by atoms with van der Waals surface area (Å²) in [7, 11) is 0. The van der Waals surface area contributed by atoms with Crippen molar-refractivity contribution < 1.29 is 18.7 Å². The summed E-state index contributed by atoms with van der Waals surface area (Å²) in [6, 6.07) is 6.31. The standard InChI is InChI=1S/C30H35FN4O3/c31-25-13-23(22-4-3-20-11-18(14-32)1-2-21(20)12-22)5-6-24(25)27-33-30(8-9-30)29(37)35(27)17-19-15-34(16-19)28(36)26-7-10-38-26/h1-3,5-6,11-12,19,22-23,26-27,33H,4,7-10,13-17,32H2. The van der Waals surface area contributed by atoms with Gasteiger partial charge in [0.25, 0.3) is 5.91 Å². The summed E-state index contributed by atoms with van der Waals surface area (Å²) in [4.78, 5) is 29.4. The molecule has 7 nitrogen and oxygen atoms in total. The van der Waals surface area contributed by atoms with Crippen molar-refractivity contribution in [2.75, 3.05) is 26.2 Å². The number of rotatable bonds is 6. The second-order valence-electron chi connectivity index (χ2n) is 11.9. The highest BCUT2D eigenvalue weighted by atomic mass is 19.1. The molecule has 2 amide bonds. The van der Waals surface area contributed by atoms with Gasteiger partial charge in [-0.15, -0.1) is 0 Å². The molecule has 3 aliphatic heterocycles. The molecule has 4 unspecified atom stereocenters. The topological polar surface area (TPSA) is 87.9 Å². The Morgan fingerprint density at radius 2 is 2.03 bits per heavy atom. The lowest BCUT2D eigenvalue weighted by Gasteiger charge is -2.44. The van der Waals surface area contributed by atoms with E-state index in [1.165, 1.54) is 10.4 Å². The second-order valence-corrected chi connectivity index (χ2v) is 11.9. The molecule has 1 saturated carbocycles. The summed E-state index contributed by atoms with van der Waals surface area (Å²) in [5, 5.41) is 5.87. The number of likely N-dealkylation sites (tertiary alicyclic amines) is 1. The Labute approximate surface area is 221 Å². The van der Waals surface area contributed by atoms with Gasteiger partial charge in [0.05, 0.1) is 6.61 Å². The molecule has 8 heteroatoms. The van der Waals surface area contributed by atoms with E-state index >= 15 is 4.39 Å². The van der Waals surface area contributed by atoms with Crippen LogP contribution in [0.3, 0.4) is 0 Å². The van der Waals surface area contributed by atoms with Gasteiger partial charge < -0.3 is 20.3 Å². The number of amides is 2. The monoisotopic (exact) mass is 518 g/mol. The third-order valence-electron chi connectivity index (χ3n) is 9.33. The van der Waals surface area contributed by atoms with Gasteiger partial charge in [0, 0.05) is 50.5 Å². The van der Waals surface area contributed by atoms with Crippen LogP contribution < -0.4 is 21.5 Å². The van der Waals surface area contributed by atoms with Crippen LogP contribution in [-0.2, 0) is 20.9 Å². The minimum Gasteiger partial charge on any atom is -0.368 e. The predicted molar refractivity (Wildman–Crippen MR) is 141 cm³/mol. The maximum absolute atomic E-state index is 15.8. The van der Waals surface area contributed by atoms with Crippen LogP contribution in [0.4, 0.5) is 4.39 Å². The van der Waals surface area contributed by atoms with Crippen molar-refractivity contribution >= 4 is 24.0 Å². The number of carbonyl (C=O) groups is 2. The molecule has 38 heavy (non-hydrogen) atoms. The summed E-state index contributed by atoms with van der Waals surface area (Å²) in [5.41, 5.74) is 6.97. The molecule has 3 aliphatic carbocycles. The van der Waals surface area contributed by atoms with Crippen LogP contribution in [0.1, 0.15) is 37.7 Å². The van der Waals surface area contributed by atoms with Gasteiger partial charge in [-0.25, -0.2) is 4.39 Å². The third-order valence-corrected chi connectivity index (χ3v) is 9.33. The molecule has 6 aliphatic rings. The number of nitrogens with two attached hydrogens (primary N) is 1. The summed E-state index contributed by atoms with van der Waals surface area (Å²) < 4.78 is 21.1. The van der Waals surface area contributed by atoms with E-state index in [2.05, 4.69) is 41.7 Å². The van der Waals surface area contributed by atoms with Gasteiger partial charge in [-0.05, 0) is 47.1 Å². The fraction of sp³-hybridized carbons (Fsp3) is 0.533. The van der Waals surface area contributed by atoms with E-state index < -0.39 is 11.7 Å². The number of ether oxygens (including phenoxy) is 1. The van der Waals surface area contributed by atoms with Crippen molar-refractivity contribution in [1.29, 1.82) is 0 Å². The molecule has 3 saturated heterocycles. The van der Waals surface area contributed by atoms with Crippen LogP contribution in [0.5, 0.6) is 0 Å². The fourth-order valence-electron chi connectivity index (χ4n) is 6.67. The smallest absolute Gasteiger partial charge is 0.251 e. The summed E-state index contributed by atoms with van der Waals surface area (Å²) in [5.74, 6) is 0.527. The van der Waals surface area contributed by atoms with E-state index in [9.17, 15) is 9.59 Å². The quantitative estimate of drug-likeness (QED) is 0.588. The van der Waals surface area contributed by atoms with Crippen LogP contribution in [0.2, 0.25) is 0 Å². The Morgan fingerprint density at radius 1 is 1.21 bits per heavy atom. The zero-order valence-electron chi connectivity index (χ0n) is 21.6. The first kappa shape index (κ1) is 24.2. The first-order valence-electron chi connectivity index (χ1n) is 14.0. The van der Waals surface area contributed by atoms with Crippen LogP contribution in [0, 0.1) is 17.8 Å². The number of benzene rings is 1. The van der Waals surface area contributed by atoms with Crippen molar-refractivity contribution in [3.63, 3.8) is 0 Å². The van der Waals surface area contributed by atoms with Crippen molar-refractivity contribution in [2.24, 2.45) is 23.5 Å². The Kier molecular flexibility index (Phi) is 5.83. The average Bonchev–Trinajstić information content (AvgIpc) is 3.60. The zero-order chi connectivity index (χ0) is 26.0. The molecule has 1 aromatic rings. The van der Waals surface area contributed by atoms with Crippen molar-refractivity contribution in [3.05, 3.63) is 57.8 Å². The number of nitrogens with zero attached hydrogens (tertiary/aromatic N) is 2. The summed E-state index contributed by atoms with van der Waals surface area (Å²) >= 11 is 0. The molecule has 3 N–H and O–H groups in total. The second kappa shape index (κ2) is 9.14. The number of halogens is 1. The SMILES string of the molecule is NCc1ccc2c(c1)=CCC(C1C=CC(C3NC4(CC4)C(=O)N3CC3CN(C(=O)C4CCO4)C3)=C(F)C1)C=2. The molecule has 4 fully saturated rings. The highest BCUT2D eigenvalue weighted by Crippen LogP contribution is 2.45. The normalized spacial score (nSPS) is 31.5. The van der Waals surface area contributed by atoms with Gasteiger partial charge in [-0.3, -0.25) is 14.9 Å². The van der Waals surface area contributed by atoms with Gasteiger partial charge in [0.15, 0.2) is 0 Å². The van der Waals surface area contributed by atoms with Crippen molar-refractivity contribution in [3.8, 4) is 0 Å². The molecule has 1 spiro atoms. The molecule has 0 bridgehead atoms. The maximum Gasteiger partial charge on any atom is 0.251 e. The van der Waals surface area contributed by atoms with Gasteiger partial charge in [0.2, 0.25) is 5.91 Å². The minimum atomic E-state index is -0.528. The van der Waals surface area contributed by atoms with E-state index in [0.29, 0.717) is 44.8 Å². The third kappa shape index (κ3) is 4.05. The number of fused-ring (bicyclic) bond motifs is 1. The van der Waals surface area contributed by atoms with E-state index in [1.807, 2.05) is 15.9 Å². The highest BCUT2D eigenvalue weighted by molar-refractivity contribution is 5.92. The zero-order valence-corrected chi connectivity index (χ0v) is 21.6. The van der Waals surface area contributed by atoms with E-state index in [-0.39, 0.29) is 41.5 Å². The van der Waals surface area contributed by atoms with Crippen LogP contribution in [0.25, 0.3) is 12.2 Å². The van der Waals surface area contributed by atoms with Crippen molar-refractivity contribution in [2.45, 2.75) is 56.5 Å². The molecule has 3 heterocycles. The Bertz CT molecular complexity index is 1360. The minimum absolute atomic E-state index is 0.0581. The summed E-state index contributed by atoms with van der Waals surface area (Å²) in [6.07, 6.45) is 11.4. The van der Waals surface area contributed by atoms with E-state index in [1.54, 1.807) is 0 Å². The number of carbonyl (C=O) groups excluding carboxylic acids is 2. The van der Waals surface area contributed by atoms with Crippen molar-refractivity contribution in [1.82, 2.24) is 15.1 Å². The molecule has 0 radical (unpaired) electrons. The molecule has 200 valence electrons. The first-order chi connectivity index (χ1) is 18.4. The van der Waals surface area contributed by atoms with Crippen LogP contribution in [0.15, 0.2) is 41.8 Å². The van der Waals surface area contributed by atoms with Crippen LogP contribution >= 0.6 is 0 Å². The number of allylic oxidation sites excluding steroid dienone is 2. The lowest BCUT2D eigenvalue weighted by molar-refractivity contribution is -0.163. The van der Waals surface area contributed by atoms with Crippen LogP contribution in [-0.4, -0.2) is 65.7 Å². The van der Waals surface area contributed by atoms with Gasteiger partial charge in [0.1, 0.15) is 23.6 Å². The maximum atomic E-state index is 15.8. The lowest BCUT2D eigenvalue weighted by Crippen LogP contribution is -2.59. The number of hydrogen-bond donors (Lipinski definition) is 2. The van der Waals surface area contributed by atoms with E-state index in [0.717, 1.165) is 31.2 Å². The molecular formula is C30H35FN4O3. The largest absolute Gasteiger partial charge is 0.368 e.